The third kappa shape index (κ3) is 6.75. The van der Waals surface area contributed by atoms with Crippen molar-refractivity contribution in [3.05, 3.63) is 28.2 Å². The first-order valence-electron chi connectivity index (χ1n) is 7.85. The summed E-state index contributed by atoms with van der Waals surface area (Å²) >= 11 is 3.19. The molecule has 25 heavy (non-hydrogen) atoms. The van der Waals surface area contributed by atoms with E-state index >= 15 is 0 Å². The largest absolute Gasteiger partial charge is 0.452 e. The predicted molar refractivity (Wildman–Crippen MR) is 97.8 cm³/mol. The average Bonchev–Trinajstić information content (AvgIpc) is 2.51. The van der Waals surface area contributed by atoms with E-state index in [1.165, 1.54) is 18.2 Å². The molecule has 0 spiro atoms. The molecule has 1 rings (SSSR count). The van der Waals surface area contributed by atoms with E-state index in [9.17, 15) is 18.0 Å². The Balaban J connectivity index is 2.89. The SMILES string of the molecule is CC[C@H](C)NC(=O)COC(=O)c1cc(S(=O)(=O)NC(C)C)ccc1Br. The minimum absolute atomic E-state index is 0.0199. The molecule has 1 atom stereocenters. The van der Waals surface area contributed by atoms with Gasteiger partial charge in [0, 0.05) is 16.6 Å². The van der Waals surface area contributed by atoms with Crippen LogP contribution in [0.1, 0.15) is 44.5 Å². The number of hydrogen-bond donors (Lipinski definition) is 2. The van der Waals surface area contributed by atoms with Gasteiger partial charge in [0.15, 0.2) is 6.61 Å². The lowest BCUT2D eigenvalue weighted by Crippen LogP contribution is -2.35. The number of nitrogens with one attached hydrogen (secondary N) is 2. The number of carbonyl (C=O) groups excluding carboxylic acids is 2. The van der Waals surface area contributed by atoms with E-state index in [1.54, 1.807) is 13.8 Å². The molecule has 0 saturated carbocycles. The molecule has 0 fully saturated rings. The Morgan fingerprint density at radius 2 is 1.88 bits per heavy atom. The molecule has 0 saturated heterocycles. The van der Waals surface area contributed by atoms with E-state index in [2.05, 4.69) is 26.0 Å². The normalized spacial score (nSPS) is 12.7. The van der Waals surface area contributed by atoms with Crippen molar-refractivity contribution in [2.75, 3.05) is 6.61 Å². The molecule has 0 bridgehead atoms. The van der Waals surface area contributed by atoms with Gasteiger partial charge in [-0.25, -0.2) is 17.9 Å². The third-order valence-electron chi connectivity index (χ3n) is 3.21. The number of rotatable bonds is 8. The zero-order chi connectivity index (χ0) is 19.2. The van der Waals surface area contributed by atoms with Crippen LogP contribution in [0.15, 0.2) is 27.6 Å². The second kappa shape index (κ2) is 9.30. The van der Waals surface area contributed by atoms with Crippen molar-refractivity contribution in [3.8, 4) is 0 Å². The van der Waals surface area contributed by atoms with Crippen LogP contribution in [0.25, 0.3) is 0 Å². The van der Waals surface area contributed by atoms with Crippen LogP contribution < -0.4 is 10.0 Å². The predicted octanol–water partition coefficient (Wildman–Crippen LogP) is 2.21. The smallest absolute Gasteiger partial charge is 0.339 e. The molecule has 0 unspecified atom stereocenters. The van der Waals surface area contributed by atoms with Crippen LogP contribution in [0.5, 0.6) is 0 Å². The molecule has 1 aromatic carbocycles. The lowest BCUT2D eigenvalue weighted by atomic mass is 10.2. The van der Waals surface area contributed by atoms with Gasteiger partial charge in [-0.15, -0.1) is 0 Å². The zero-order valence-corrected chi connectivity index (χ0v) is 17.0. The van der Waals surface area contributed by atoms with Crippen LogP contribution >= 0.6 is 15.9 Å². The molecule has 9 heteroatoms. The highest BCUT2D eigenvalue weighted by molar-refractivity contribution is 9.10. The summed E-state index contributed by atoms with van der Waals surface area (Å²) in [6.45, 7) is 6.72. The van der Waals surface area contributed by atoms with Crippen LogP contribution in [0, 0.1) is 0 Å². The van der Waals surface area contributed by atoms with Crippen LogP contribution in [0.3, 0.4) is 0 Å². The number of benzene rings is 1. The number of esters is 1. The zero-order valence-electron chi connectivity index (χ0n) is 14.6. The molecule has 1 amide bonds. The van der Waals surface area contributed by atoms with Crippen molar-refractivity contribution in [2.24, 2.45) is 0 Å². The van der Waals surface area contributed by atoms with Crippen LogP contribution in [0.4, 0.5) is 0 Å². The molecule has 0 aromatic heterocycles. The number of hydrogen-bond acceptors (Lipinski definition) is 5. The Bertz CT molecular complexity index is 734. The summed E-state index contributed by atoms with van der Waals surface area (Å²) in [6, 6.07) is 3.73. The summed E-state index contributed by atoms with van der Waals surface area (Å²) in [6.07, 6.45) is 0.758. The van der Waals surface area contributed by atoms with Crippen LogP contribution in [-0.4, -0.2) is 39.0 Å². The van der Waals surface area contributed by atoms with E-state index in [-0.39, 0.29) is 22.5 Å². The first-order chi connectivity index (χ1) is 11.6. The Hall–Kier alpha value is -1.45. The van der Waals surface area contributed by atoms with Crippen molar-refractivity contribution in [2.45, 2.75) is 51.1 Å². The minimum atomic E-state index is -3.74. The summed E-state index contributed by atoms with van der Waals surface area (Å²) in [5, 5.41) is 2.67. The average molecular weight is 435 g/mol. The highest BCUT2D eigenvalue weighted by atomic mass is 79.9. The monoisotopic (exact) mass is 434 g/mol. The molecular formula is C16H23BrN2O5S. The molecule has 0 radical (unpaired) electrons. The van der Waals surface area contributed by atoms with E-state index in [4.69, 9.17) is 4.74 Å². The summed E-state index contributed by atoms with van der Waals surface area (Å²) in [5.74, 6) is -1.20. The number of ether oxygens (including phenoxy) is 1. The van der Waals surface area contributed by atoms with Crippen molar-refractivity contribution in [1.29, 1.82) is 0 Å². The maximum atomic E-state index is 12.2. The Labute approximate surface area is 156 Å². The van der Waals surface area contributed by atoms with Gasteiger partial charge in [0.25, 0.3) is 5.91 Å². The first kappa shape index (κ1) is 21.6. The molecule has 0 aliphatic rings. The Morgan fingerprint density at radius 3 is 2.44 bits per heavy atom. The molecule has 1 aromatic rings. The van der Waals surface area contributed by atoms with Gasteiger partial charge in [-0.05, 0) is 61.3 Å². The van der Waals surface area contributed by atoms with Crippen molar-refractivity contribution < 1.29 is 22.7 Å². The molecule has 2 N–H and O–H groups in total. The highest BCUT2D eigenvalue weighted by Crippen LogP contribution is 2.22. The fraction of sp³-hybridized carbons (Fsp3) is 0.500. The summed E-state index contributed by atoms with van der Waals surface area (Å²) in [7, 11) is -3.74. The van der Waals surface area contributed by atoms with Crippen LogP contribution in [0.2, 0.25) is 0 Å². The summed E-state index contributed by atoms with van der Waals surface area (Å²) < 4.78 is 32.2. The number of amides is 1. The van der Waals surface area contributed by atoms with Crippen molar-refractivity contribution >= 4 is 37.8 Å². The molecule has 140 valence electrons. The molecule has 7 nitrogen and oxygen atoms in total. The van der Waals surface area contributed by atoms with E-state index in [0.29, 0.717) is 4.47 Å². The molecule has 0 aliphatic carbocycles. The van der Waals surface area contributed by atoms with Crippen LogP contribution in [-0.2, 0) is 19.6 Å². The van der Waals surface area contributed by atoms with Gasteiger partial charge >= 0.3 is 5.97 Å². The standard InChI is InChI=1S/C16H23BrN2O5S/c1-5-11(4)18-15(20)9-24-16(21)13-8-12(6-7-14(13)17)25(22,23)19-10(2)3/h6-8,10-11,19H,5,9H2,1-4H3,(H,18,20)/t11-/m0/s1. The molecule has 0 heterocycles. The van der Waals surface area contributed by atoms with Gasteiger partial charge in [-0.1, -0.05) is 6.92 Å². The van der Waals surface area contributed by atoms with Gasteiger partial charge in [0.2, 0.25) is 10.0 Å². The quantitative estimate of drug-likeness (QED) is 0.610. The lowest BCUT2D eigenvalue weighted by molar-refractivity contribution is -0.124. The fourth-order valence-corrected chi connectivity index (χ4v) is 3.52. The van der Waals surface area contributed by atoms with Crippen molar-refractivity contribution in [3.63, 3.8) is 0 Å². The second-order valence-corrected chi connectivity index (χ2v) is 8.44. The number of halogens is 1. The topological polar surface area (TPSA) is 102 Å². The van der Waals surface area contributed by atoms with Gasteiger partial charge in [0.1, 0.15) is 0 Å². The van der Waals surface area contributed by atoms with Gasteiger partial charge in [-0.2, -0.15) is 0 Å². The summed E-state index contributed by atoms with van der Waals surface area (Å²) in [5.41, 5.74) is 0.0305. The Kier molecular flexibility index (Phi) is 8.04. The third-order valence-corrected chi connectivity index (χ3v) is 5.56. The number of carbonyl (C=O) groups is 2. The molecule has 0 aliphatic heterocycles. The van der Waals surface area contributed by atoms with E-state index in [1.807, 2.05) is 13.8 Å². The maximum Gasteiger partial charge on any atom is 0.339 e. The summed E-state index contributed by atoms with van der Waals surface area (Å²) in [4.78, 5) is 23.8. The Morgan fingerprint density at radius 1 is 1.24 bits per heavy atom. The first-order valence-corrected chi connectivity index (χ1v) is 10.1. The fourth-order valence-electron chi connectivity index (χ4n) is 1.83. The van der Waals surface area contributed by atoms with E-state index < -0.39 is 28.5 Å². The highest BCUT2D eigenvalue weighted by Gasteiger charge is 2.20. The maximum absolute atomic E-state index is 12.2. The number of sulfonamides is 1. The van der Waals surface area contributed by atoms with Crippen molar-refractivity contribution in [1.82, 2.24) is 10.0 Å². The van der Waals surface area contributed by atoms with E-state index in [0.717, 1.165) is 6.42 Å². The van der Waals surface area contributed by atoms with Gasteiger partial charge in [-0.3, -0.25) is 4.79 Å². The lowest BCUT2D eigenvalue weighted by Gasteiger charge is -2.13. The minimum Gasteiger partial charge on any atom is -0.452 e. The molecular weight excluding hydrogens is 412 g/mol. The van der Waals surface area contributed by atoms with Gasteiger partial charge < -0.3 is 10.1 Å². The second-order valence-electron chi connectivity index (χ2n) is 5.87. The van der Waals surface area contributed by atoms with Gasteiger partial charge in [0.05, 0.1) is 10.5 Å².